The third kappa shape index (κ3) is 6.46. The van der Waals surface area contributed by atoms with Crippen LogP contribution in [-0.4, -0.2) is 78.3 Å². The van der Waals surface area contributed by atoms with E-state index < -0.39 is 0 Å². The smallest absolute Gasteiger partial charge is 0.321 e. The van der Waals surface area contributed by atoms with Crippen molar-refractivity contribution >= 4 is 11.7 Å². The van der Waals surface area contributed by atoms with Gasteiger partial charge >= 0.3 is 6.03 Å². The van der Waals surface area contributed by atoms with Gasteiger partial charge in [0.15, 0.2) is 0 Å². The summed E-state index contributed by atoms with van der Waals surface area (Å²) < 4.78 is 11.5. The third-order valence-electron chi connectivity index (χ3n) is 6.92. The quantitative estimate of drug-likeness (QED) is 0.533. The molecule has 5 rings (SSSR count). The number of carbonyl (C=O) groups is 1. The van der Waals surface area contributed by atoms with Crippen LogP contribution in [0, 0.1) is 11.3 Å². The monoisotopic (exact) mass is 512 g/mol. The molecule has 9 heteroatoms. The summed E-state index contributed by atoms with van der Waals surface area (Å²) in [5.41, 5.74) is 3.88. The van der Waals surface area contributed by atoms with E-state index in [0.29, 0.717) is 36.8 Å². The van der Waals surface area contributed by atoms with Crippen molar-refractivity contribution in [2.45, 2.75) is 25.4 Å². The van der Waals surface area contributed by atoms with E-state index in [-0.39, 0.29) is 12.1 Å². The van der Waals surface area contributed by atoms with Crippen LogP contribution in [0.25, 0.3) is 11.3 Å². The number of amides is 2. The summed E-state index contributed by atoms with van der Waals surface area (Å²) in [6.07, 6.45) is 4.01. The van der Waals surface area contributed by atoms with Crippen molar-refractivity contribution < 1.29 is 14.3 Å². The lowest BCUT2D eigenvalue weighted by Gasteiger charge is -2.32. The number of aromatic nitrogens is 2. The molecule has 1 N–H and O–H groups in total. The van der Waals surface area contributed by atoms with Gasteiger partial charge in [0.05, 0.1) is 24.5 Å². The van der Waals surface area contributed by atoms with E-state index >= 15 is 0 Å². The van der Waals surface area contributed by atoms with Crippen molar-refractivity contribution in [3.05, 3.63) is 71.7 Å². The predicted octanol–water partition coefficient (Wildman–Crippen LogP) is 3.94. The number of ether oxygens (including phenoxy) is 2. The molecule has 2 amide bonds. The molecule has 2 fully saturated rings. The topological polar surface area (TPSA) is 104 Å². The summed E-state index contributed by atoms with van der Waals surface area (Å²) in [5.74, 6) is 1.27. The molecule has 0 bridgehead atoms. The molecule has 0 aliphatic carbocycles. The zero-order chi connectivity index (χ0) is 26.3. The summed E-state index contributed by atoms with van der Waals surface area (Å²) in [4.78, 5) is 25.8. The van der Waals surface area contributed by atoms with E-state index in [0.717, 1.165) is 61.5 Å². The molecule has 38 heavy (non-hydrogen) atoms. The van der Waals surface area contributed by atoms with E-state index in [1.807, 2.05) is 53.4 Å². The first-order valence-electron chi connectivity index (χ1n) is 13.0. The van der Waals surface area contributed by atoms with Crippen LogP contribution in [0.15, 0.2) is 54.7 Å². The van der Waals surface area contributed by atoms with Gasteiger partial charge in [-0.25, -0.2) is 14.8 Å². The molecular formula is C29H32N6O3. The fraction of sp³-hybridized carbons (Fsp3) is 0.379. The second-order valence-corrected chi connectivity index (χ2v) is 9.70. The Labute approximate surface area is 223 Å². The van der Waals surface area contributed by atoms with Crippen LogP contribution in [0.4, 0.5) is 10.5 Å². The Balaban J connectivity index is 1.22. The number of anilines is 1. The van der Waals surface area contributed by atoms with E-state index in [2.05, 4.69) is 28.3 Å². The molecule has 1 aromatic heterocycles. The molecule has 3 aromatic rings. The van der Waals surface area contributed by atoms with E-state index in [1.54, 1.807) is 6.20 Å². The number of likely N-dealkylation sites (N-methyl/N-ethyl adjacent to an activating group) is 1. The van der Waals surface area contributed by atoms with Gasteiger partial charge < -0.3 is 24.6 Å². The van der Waals surface area contributed by atoms with Gasteiger partial charge in [-0.2, -0.15) is 5.26 Å². The van der Waals surface area contributed by atoms with E-state index in [4.69, 9.17) is 14.5 Å². The number of urea groups is 1. The molecule has 0 atom stereocenters. The molecule has 0 spiro atoms. The zero-order valence-corrected chi connectivity index (χ0v) is 21.6. The van der Waals surface area contributed by atoms with Crippen LogP contribution >= 0.6 is 0 Å². The van der Waals surface area contributed by atoms with Crippen LogP contribution < -0.4 is 10.1 Å². The molecule has 196 valence electrons. The van der Waals surface area contributed by atoms with Gasteiger partial charge in [0, 0.05) is 62.9 Å². The van der Waals surface area contributed by atoms with Gasteiger partial charge in [0.25, 0.3) is 0 Å². The van der Waals surface area contributed by atoms with Crippen molar-refractivity contribution in [1.29, 1.82) is 5.26 Å². The highest BCUT2D eigenvalue weighted by molar-refractivity contribution is 5.89. The van der Waals surface area contributed by atoms with Crippen LogP contribution in [0.2, 0.25) is 0 Å². The Kier molecular flexibility index (Phi) is 8.12. The first kappa shape index (κ1) is 25.6. The molecule has 0 saturated carbocycles. The van der Waals surface area contributed by atoms with Crippen LogP contribution in [0.5, 0.6) is 5.75 Å². The largest absolute Gasteiger partial charge is 0.489 e. The number of nitrogens with one attached hydrogen (secondary N) is 1. The maximum atomic E-state index is 12.5. The standard InChI is InChI=1S/C29H32N6O3/c1-34-12-14-35(15-13-34)29(36)32-24-5-2-21(3-6-24)18-28-31-11-8-26(33-28)22-4-7-27(23(19-22)20-30)38-25-9-16-37-17-10-25/h2-8,11,19,25H,9-10,12-18H2,1H3,(H,32,36). The molecule has 2 aromatic carbocycles. The van der Waals surface area contributed by atoms with E-state index in [1.165, 1.54) is 0 Å². The SMILES string of the molecule is CN1CCN(C(=O)Nc2ccc(Cc3nccc(-c4ccc(OC5CCOCC5)c(C#N)c4)n3)cc2)CC1. The normalized spacial score (nSPS) is 16.6. The van der Waals surface area contributed by atoms with E-state index in [9.17, 15) is 10.1 Å². The highest BCUT2D eigenvalue weighted by Crippen LogP contribution is 2.27. The summed E-state index contributed by atoms with van der Waals surface area (Å²) in [7, 11) is 2.07. The Morgan fingerprint density at radius 2 is 1.87 bits per heavy atom. The highest BCUT2D eigenvalue weighted by atomic mass is 16.5. The Bertz CT molecular complexity index is 1290. The van der Waals surface area contributed by atoms with Gasteiger partial charge in [-0.05, 0) is 49.0 Å². The van der Waals surface area contributed by atoms with Crippen molar-refractivity contribution in [3.8, 4) is 23.1 Å². The lowest BCUT2D eigenvalue weighted by molar-refractivity contribution is 0.0254. The molecule has 2 aliphatic rings. The number of rotatable bonds is 6. The minimum Gasteiger partial charge on any atom is -0.489 e. The number of hydrogen-bond acceptors (Lipinski definition) is 7. The summed E-state index contributed by atoms with van der Waals surface area (Å²) in [6.45, 7) is 4.60. The fourth-order valence-electron chi connectivity index (χ4n) is 4.60. The number of nitriles is 1. The Hall–Kier alpha value is -4.00. The maximum absolute atomic E-state index is 12.5. The average Bonchev–Trinajstić information content (AvgIpc) is 2.95. The fourth-order valence-corrected chi connectivity index (χ4v) is 4.60. The van der Waals surface area contributed by atoms with Gasteiger partial charge in [-0.15, -0.1) is 0 Å². The molecular weight excluding hydrogens is 480 g/mol. The molecule has 9 nitrogen and oxygen atoms in total. The number of nitrogens with zero attached hydrogens (tertiary/aromatic N) is 5. The Morgan fingerprint density at radius 1 is 1.11 bits per heavy atom. The Morgan fingerprint density at radius 3 is 2.61 bits per heavy atom. The minimum atomic E-state index is -0.0669. The van der Waals surface area contributed by atoms with Crippen molar-refractivity contribution in [2.24, 2.45) is 0 Å². The predicted molar refractivity (Wildman–Crippen MR) is 144 cm³/mol. The third-order valence-corrected chi connectivity index (χ3v) is 6.92. The molecule has 0 radical (unpaired) electrons. The minimum absolute atomic E-state index is 0.0669. The molecule has 2 aliphatic heterocycles. The van der Waals surface area contributed by atoms with Gasteiger partial charge in [0.1, 0.15) is 23.7 Å². The van der Waals surface area contributed by atoms with Crippen molar-refractivity contribution in [3.63, 3.8) is 0 Å². The van der Waals surface area contributed by atoms with Crippen LogP contribution in [0.3, 0.4) is 0 Å². The molecule has 3 heterocycles. The maximum Gasteiger partial charge on any atom is 0.321 e. The first-order valence-corrected chi connectivity index (χ1v) is 13.0. The second-order valence-electron chi connectivity index (χ2n) is 9.70. The van der Waals surface area contributed by atoms with Gasteiger partial charge in [0.2, 0.25) is 0 Å². The highest BCUT2D eigenvalue weighted by Gasteiger charge is 2.19. The summed E-state index contributed by atoms with van der Waals surface area (Å²) in [5, 5.41) is 12.7. The number of hydrogen-bond donors (Lipinski definition) is 1. The van der Waals surface area contributed by atoms with Gasteiger partial charge in [-0.3, -0.25) is 0 Å². The second kappa shape index (κ2) is 12.0. The number of piperazine rings is 1. The lowest BCUT2D eigenvalue weighted by Crippen LogP contribution is -2.48. The van der Waals surface area contributed by atoms with Crippen molar-refractivity contribution in [1.82, 2.24) is 19.8 Å². The lowest BCUT2D eigenvalue weighted by atomic mass is 10.1. The van der Waals surface area contributed by atoms with Crippen LogP contribution in [-0.2, 0) is 11.2 Å². The zero-order valence-electron chi connectivity index (χ0n) is 21.6. The molecule has 0 unspecified atom stereocenters. The summed E-state index contributed by atoms with van der Waals surface area (Å²) >= 11 is 0. The molecule has 2 saturated heterocycles. The number of benzene rings is 2. The summed E-state index contributed by atoms with van der Waals surface area (Å²) in [6, 6.07) is 17.4. The first-order chi connectivity index (χ1) is 18.6. The van der Waals surface area contributed by atoms with Gasteiger partial charge in [-0.1, -0.05) is 12.1 Å². The number of carbonyl (C=O) groups excluding carboxylic acids is 1. The average molecular weight is 513 g/mol. The van der Waals surface area contributed by atoms with Crippen molar-refractivity contribution in [2.75, 3.05) is 51.8 Å². The van der Waals surface area contributed by atoms with Crippen LogP contribution in [0.1, 0.15) is 29.8 Å².